The van der Waals surface area contributed by atoms with E-state index in [1.807, 2.05) is 0 Å². The Hall–Kier alpha value is 0.880. The summed E-state index contributed by atoms with van der Waals surface area (Å²) < 4.78 is 9.21. The lowest BCUT2D eigenvalue weighted by atomic mass is 12.7. The molecular weight excluding hydrogens is 167 g/mol. The highest BCUT2D eigenvalue weighted by atomic mass is 32.9. The minimum atomic E-state index is -2.24. The Labute approximate surface area is 59.7 Å². The summed E-state index contributed by atoms with van der Waals surface area (Å²) in [7, 11) is 2.91. The Morgan fingerprint density at radius 2 is 1.62 bits per heavy atom. The van der Waals surface area contributed by atoms with Crippen molar-refractivity contribution in [3.8, 4) is 0 Å². The van der Waals surface area contributed by atoms with Gasteiger partial charge in [-0.2, -0.15) is 0 Å². The summed E-state index contributed by atoms with van der Waals surface area (Å²) in [6.45, 7) is 0. The van der Waals surface area contributed by atoms with Crippen molar-refractivity contribution in [2.24, 2.45) is 0 Å². The molecule has 8 heavy (non-hydrogen) atoms. The molecule has 4 N–H and O–H groups in total. The van der Waals surface area contributed by atoms with Gasteiger partial charge in [0.1, 0.15) is 0 Å². The molecule has 0 radical (unpaired) electrons. The van der Waals surface area contributed by atoms with Crippen molar-refractivity contribution in [2.45, 2.75) is 0 Å². The lowest BCUT2D eigenvalue weighted by Crippen LogP contribution is -1.79. The van der Waals surface area contributed by atoms with Gasteiger partial charge in [-0.3, -0.25) is 0 Å². The molecule has 0 rings (SSSR count). The fourth-order valence-corrected chi connectivity index (χ4v) is 0.224. The smallest absolute Gasteiger partial charge is 0.0555 e. The highest BCUT2D eigenvalue weighted by molar-refractivity contribution is 8.51. The van der Waals surface area contributed by atoms with Crippen LogP contribution in [0.5, 0.6) is 0 Å². The van der Waals surface area contributed by atoms with Gasteiger partial charge in [-0.15, -0.1) is 0 Å². The number of hydrogen-bond donors (Lipinski definition) is 1. The van der Waals surface area contributed by atoms with Crippen molar-refractivity contribution >= 4 is 29.7 Å². The summed E-state index contributed by atoms with van der Waals surface area (Å²) in [6, 6.07) is 0. The molecular formula is C2H10NO2PS2. The van der Waals surface area contributed by atoms with Gasteiger partial charge >= 0.3 is 0 Å². The van der Waals surface area contributed by atoms with Gasteiger partial charge in [0.25, 0.3) is 0 Å². The number of rotatable bonds is 2. The van der Waals surface area contributed by atoms with E-state index >= 15 is 0 Å². The van der Waals surface area contributed by atoms with Crippen LogP contribution in [0.25, 0.3) is 0 Å². The Morgan fingerprint density at radius 3 is 1.62 bits per heavy atom. The summed E-state index contributed by atoms with van der Waals surface area (Å²) in [5, 5.41) is 0. The third kappa shape index (κ3) is 5.03. The second-order valence-corrected chi connectivity index (χ2v) is 6.01. The third-order valence-electron chi connectivity index (χ3n) is 0.447. The van der Waals surface area contributed by atoms with Crippen molar-refractivity contribution in [1.29, 1.82) is 0 Å². The molecule has 0 fully saturated rings. The van der Waals surface area contributed by atoms with E-state index in [1.54, 1.807) is 0 Å². The lowest BCUT2D eigenvalue weighted by Gasteiger charge is -2.22. The first-order valence-electron chi connectivity index (χ1n) is 1.55. The molecule has 0 aromatic heterocycles. The number of quaternary nitrogens is 1. The molecule has 0 aromatic rings. The van der Waals surface area contributed by atoms with Crippen LogP contribution in [-0.2, 0) is 33.1 Å². The van der Waals surface area contributed by atoms with Crippen LogP contribution in [-0.4, -0.2) is 14.2 Å². The maximum absolute atomic E-state index is 4.63. The zero-order chi connectivity index (χ0) is 5.91. The summed E-state index contributed by atoms with van der Waals surface area (Å²) in [6.07, 6.45) is 0. The SMILES string of the molecule is [13CH3]OP(=S)([S-])O[13CH3].[NH4+]. The molecule has 0 aliphatic carbocycles. The molecule has 52 valence electrons. The zero-order valence-corrected chi connectivity index (χ0v) is 7.61. The van der Waals surface area contributed by atoms with Gasteiger partial charge in [-0.05, 0) is 0 Å². The Bertz CT molecular complexity index is 90.0. The summed E-state index contributed by atoms with van der Waals surface area (Å²) in [4.78, 5) is 0. The van der Waals surface area contributed by atoms with E-state index in [9.17, 15) is 0 Å². The minimum Gasteiger partial charge on any atom is -0.691 e. The van der Waals surface area contributed by atoms with Crippen LogP contribution >= 0.6 is 5.69 Å². The molecule has 0 amide bonds. The van der Waals surface area contributed by atoms with Crippen molar-refractivity contribution < 1.29 is 9.05 Å². The van der Waals surface area contributed by atoms with Gasteiger partial charge in [0.2, 0.25) is 0 Å². The fraction of sp³-hybridized carbons (Fsp3) is 1.00. The minimum absolute atomic E-state index is 0. The van der Waals surface area contributed by atoms with Gasteiger partial charge in [0, 0.05) is 14.2 Å². The van der Waals surface area contributed by atoms with Crippen LogP contribution in [0.1, 0.15) is 0 Å². The standard InChI is InChI=1S/C2H7O2PS2.H3N/c1-3-5(6,7)4-2;/h1-2H3,(H,6,7);1H3/i1+1,2+1;. The molecule has 0 aliphatic rings. The topological polar surface area (TPSA) is 55.0 Å². The zero-order valence-electron chi connectivity index (χ0n) is 5.08. The Kier molecular flexibility index (Phi) is 6.89. The van der Waals surface area contributed by atoms with Crippen molar-refractivity contribution in [2.75, 3.05) is 14.2 Å². The second-order valence-electron chi connectivity index (χ2n) is 0.812. The second kappa shape index (κ2) is 4.73. The maximum Gasteiger partial charge on any atom is 0.0555 e. The van der Waals surface area contributed by atoms with Gasteiger partial charge in [-0.1, -0.05) is 11.8 Å². The predicted molar refractivity (Wildman–Crippen MR) is 41.7 cm³/mol. The highest BCUT2D eigenvalue weighted by Gasteiger charge is 1.89. The number of hydrogen-bond acceptors (Lipinski definition) is 4. The van der Waals surface area contributed by atoms with Gasteiger partial charge in [0.05, 0.1) is 5.69 Å². The lowest BCUT2D eigenvalue weighted by molar-refractivity contribution is 0.354. The van der Waals surface area contributed by atoms with Crippen molar-refractivity contribution in [3.63, 3.8) is 0 Å². The molecule has 0 saturated heterocycles. The molecule has 0 atom stereocenters. The average molecular weight is 177 g/mol. The van der Waals surface area contributed by atoms with Crippen LogP contribution in [0.2, 0.25) is 0 Å². The fourth-order valence-electron chi connectivity index (χ4n) is 0.0745. The van der Waals surface area contributed by atoms with Crippen LogP contribution in [0.4, 0.5) is 0 Å². The van der Waals surface area contributed by atoms with Crippen molar-refractivity contribution in [3.05, 3.63) is 0 Å². The van der Waals surface area contributed by atoms with Crippen LogP contribution in [0.15, 0.2) is 0 Å². The van der Waals surface area contributed by atoms with E-state index < -0.39 is 5.69 Å². The van der Waals surface area contributed by atoms with Gasteiger partial charge < -0.3 is 27.4 Å². The monoisotopic (exact) mass is 177 g/mol. The predicted octanol–water partition coefficient (Wildman–Crippen LogP) is 1.43. The Morgan fingerprint density at radius 1 is 1.38 bits per heavy atom. The first kappa shape index (κ1) is 11.6. The molecule has 0 unspecified atom stereocenters. The van der Waals surface area contributed by atoms with Crippen molar-refractivity contribution in [1.82, 2.24) is 6.15 Å². The van der Waals surface area contributed by atoms with E-state index in [0.717, 1.165) is 0 Å². The average Bonchev–Trinajstić information content (AvgIpc) is 1.68. The molecule has 0 aliphatic heterocycles. The molecule has 0 bridgehead atoms. The van der Waals surface area contributed by atoms with E-state index in [2.05, 4.69) is 33.1 Å². The van der Waals surface area contributed by atoms with E-state index in [4.69, 9.17) is 0 Å². The van der Waals surface area contributed by atoms with E-state index in [0.29, 0.717) is 0 Å². The first-order chi connectivity index (χ1) is 3.12. The third-order valence-corrected chi connectivity index (χ3v) is 3.13. The molecule has 3 nitrogen and oxygen atoms in total. The Balaban J connectivity index is 0. The molecule has 0 spiro atoms. The largest absolute Gasteiger partial charge is 0.691 e. The molecule has 0 saturated carbocycles. The normalized spacial score (nSPS) is 10.4. The van der Waals surface area contributed by atoms with E-state index in [-0.39, 0.29) is 6.15 Å². The quantitative estimate of drug-likeness (QED) is 0.394. The molecule has 0 heterocycles. The summed E-state index contributed by atoms with van der Waals surface area (Å²) in [5.41, 5.74) is -2.24. The summed E-state index contributed by atoms with van der Waals surface area (Å²) in [5.74, 6) is 0. The summed E-state index contributed by atoms with van der Waals surface area (Å²) >= 11 is 9.25. The molecule has 0 aromatic carbocycles. The maximum atomic E-state index is 4.63. The first-order valence-corrected chi connectivity index (χ1v) is 5.20. The van der Waals surface area contributed by atoms with Crippen LogP contribution in [0, 0.1) is 0 Å². The van der Waals surface area contributed by atoms with E-state index in [1.165, 1.54) is 14.2 Å². The molecule has 6 heteroatoms. The van der Waals surface area contributed by atoms with Crippen LogP contribution < -0.4 is 6.15 Å². The highest BCUT2D eigenvalue weighted by Crippen LogP contribution is 2.43. The van der Waals surface area contributed by atoms with Gasteiger partial charge in [0.15, 0.2) is 0 Å². The van der Waals surface area contributed by atoms with Gasteiger partial charge in [-0.25, -0.2) is 0 Å². The van der Waals surface area contributed by atoms with Crippen LogP contribution in [0.3, 0.4) is 0 Å².